The van der Waals surface area contributed by atoms with Gasteiger partial charge in [0, 0.05) is 24.1 Å². The first-order valence-corrected chi connectivity index (χ1v) is 4.30. The molecule has 1 aromatic carbocycles. The Balaban J connectivity index is 2.56. The van der Waals surface area contributed by atoms with Gasteiger partial charge in [0.25, 0.3) is 0 Å². The van der Waals surface area contributed by atoms with Gasteiger partial charge in [0.15, 0.2) is 0 Å². The molecule has 0 aliphatic carbocycles. The smallest absolute Gasteiger partial charge is 0.128 e. The molecule has 0 bridgehead atoms. The summed E-state index contributed by atoms with van der Waals surface area (Å²) in [5, 5.41) is 8.78. The van der Waals surface area contributed by atoms with Gasteiger partial charge in [-0.1, -0.05) is 11.6 Å². The largest absolute Gasteiger partial charge is 0.493 e. The summed E-state index contributed by atoms with van der Waals surface area (Å²) >= 11 is 5.59. The highest BCUT2D eigenvalue weighted by Crippen LogP contribution is 2.19. The van der Waals surface area contributed by atoms with Crippen LogP contribution in [0.3, 0.4) is 0 Å². The molecule has 2 nitrogen and oxygen atoms in total. The molecule has 0 spiro atoms. The third-order valence-corrected chi connectivity index (χ3v) is 1.63. The minimum absolute atomic E-state index is 0.0586. The second-order valence-corrected chi connectivity index (χ2v) is 2.97. The van der Waals surface area contributed by atoms with Gasteiger partial charge >= 0.3 is 0 Å². The van der Waals surface area contributed by atoms with Crippen LogP contribution in [0.5, 0.6) is 5.75 Å². The summed E-state index contributed by atoms with van der Waals surface area (Å²) in [4.78, 5) is 0. The molecule has 1 aromatic rings. The maximum Gasteiger partial charge on any atom is 0.128 e. The number of benzene rings is 1. The van der Waals surface area contributed by atoms with E-state index in [0.29, 0.717) is 23.8 Å². The van der Waals surface area contributed by atoms with Crippen LogP contribution >= 0.6 is 11.6 Å². The van der Waals surface area contributed by atoms with E-state index in [0.717, 1.165) is 0 Å². The van der Waals surface area contributed by atoms with Crippen molar-refractivity contribution in [3.63, 3.8) is 0 Å². The van der Waals surface area contributed by atoms with Crippen LogP contribution in [0.2, 0.25) is 5.02 Å². The molecule has 0 radical (unpaired) electrons. The van der Waals surface area contributed by atoms with E-state index in [1.165, 1.54) is 18.2 Å². The topological polar surface area (TPSA) is 29.5 Å². The Morgan fingerprint density at radius 1 is 1.38 bits per heavy atom. The maximum atomic E-state index is 12.7. The molecular formula is C9H10ClFO2. The van der Waals surface area contributed by atoms with E-state index in [4.69, 9.17) is 21.4 Å². The minimum Gasteiger partial charge on any atom is -0.493 e. The third kappa shape index (κ3) is 3.61. The minimum atomic E-state index is -0.425. The first-order valence-electron chi connectivity index (χ1n) is 3.92. The molecule has 0 heterocycles. The zero-order chi connectivity index (χ0) is 9.68. The Kier molecular flexibility index (Phi) is 3.99. The summed E-state index contributed by atoms with van der Waals surface area (Å²) in [6.45, 7) is 0.416. The van der Waals surface area contributed by atoms with Crippen LogP contribution in [-0.2, 0) is 0 Å². The summed E-state index contributed by atoms with van der Waals surface area (Å²) in [6, 6.07) is 3.99. The molecule has 0 saturated carbocycles. The summed E-state index contributed by atoms with van der Waals surface area (Å²) in [6.07, 6.45) is 0.522. The van der Waals surface area contributed by atoms with Gasteiger partial charge in [0.05, 0.1) is 6.61 Å². The second kappa shape index (κ2) is 5.04. The van der Waals surface area contributed by atoms with Crippen LogP contribution in [-0.4, -0.2) is 18.3 Å². The fourth-order valence-electron chi connectivity index (χ4n) is 0.866. The monoisotopic (exact) mass is 204 g/mol. The van der Waals surface area contributed by atoms with E-state index in [1.54, 1.807) is 0 Å². The average molecular weight is 205 g/mol. The van der Waals surface area contributed by atoms with Crippen molar-refractivity contribution in [2.24, 2.45) is 0 Å². The van der Waals surface area contributed by atoms with Gasteiger partial charge < -0.3 is 9.84 Å². The predicted molar refractivity (Wildman–Crippen MR) is 48.6 cm³/mol. The molecule has 13 heavy (non-hydrogen) atoms. The van der Waals surface area contributed by atoms with Gasteiger partial charge in [0.2, 0.25) is 0 Å². The van der Waals surface area contributed by atoms with Gasteiger partial charge in [-0.25, -0.2) is 4.39 Å². The number of rotatable bonds is 4. The molecule has 4 heteroatoms. The molecule has 0 aromatic heterocycles. The summed E-state index contributed by atoms with van der Waals surface area (Å²) in [7, 11) is 0. The average Bonchev–Trinajstić information content (AvgIpc) is 2.03. The van der Waals surface area contributed by atoms with Crippen LogP contribution in [0.1, 0.15) is 6.42 Å². The van der Waals surface area contributed by atoms with Crippen molar-refractivity contribution in [2.45, 2.75) is 6.42 Å². The van der Waals surface area contributed by atoms with Gasteiger partial charge in [-0.15, -0.1) is 0 Å². The lowest BCUT2D eigenvalue weighted by Crippen LogP contribution is -1.99. The van der Waals surface area contributed by atoms with Crippen LogP contribution in [0, 0.1) is 5.82 Å². The highest BCUT2D eigenvalue weighted by atomic mass is 35.5. The molecule has 0 fully saturated rings. The predicted octanol–water partition coefficient (Wildman–Crippen LogP) is 2.24. The number of halogens is 2. The molecule has 72 valence electrons. The molecule has 0 atom stereocenters. The maximum absolute atomic E-state index is 12.7. The van der Waals surface area contributed by atoms with E-state index in [1.807, 2.05) is 0 Å². The van der Waals surface area contributed by atoms with Crippen molar-refractivity contribution in [1.82, 2.24) is 0 Å². The van der Waals surface area contributed by atoms with E-state index in [9.17, 15) is 4.39 Å². The number of aliphatic hydroxyl groups excluding tert-OH is 1. The number of hydrogen-bond donors (Lipinski definition) is 1. The lowest BCUT2D eigenvalue weighted by molar-refractivity contribution is 0.233. The fourth-order valence-corrected chi connectivity index (χ4v) is 1.08. The van der Waals surface area contributed by atoms with Gasteiger partial charge in [-0.2, -0.15) is 0 Å². The molecule has 0 aliphatic rings. The molecule has 1 rings (SSSR count). The molecule has 1 N–H and O–H groups in total. The zero-order valence-corrected chi connectivity index (χ0v) is 7.72. The highest BCUT2D eigenvalue weighted by molar-refractivity contribution is 6.30. The Hall–Kier alpha value is -0.800. The molecule has 0 amide bonds. The lowest BCUT2D eigenvalue weighted by atomic mass is 10.3. The van der Waals surface area contributed by atoms with Crippen molar-refractivity contribution in [3.8, 4) is 5.75 Å². The van der Waals surface area contributed by atoms with Crippen molar-refractivity contribution in [3.05, 3.63) is 29.0 Å². The van der Waals surface area contributed by atoms with Gasteiger partial charge in [-0.3, -0.25) is 0 Å². The second-order valence-electron chi connectivity index (χ2n) is 2.53. The number of aliphatic hydroxyl groups is 1. The fraction of sp³-hybridized carbons (Fsp3) is 0.333. The summed E-state index contributed by atoms with van der Waals surface area (Å²) in [5.41, 5.74) is 0. The van der Waals surface area contributed by atoms with Gasteiger partial charge in [0.1, 0.15) is 11.6 Å². The number of ether oxygens (including phenoxy) is 1. The van der Waals surface area contributed by atoms with E-state index in [-0.39, 0.29) is 6.61 Å². The first kappa shape index (κ1) is 10.3. The highest BCUT2D eigenvalue weighted by Gasteiger charge is 1.99. The third-order valence-electron chi connectivity index (χ3n) is 1.41. The van der Waals surface area contributed by atoms with Crippen molar-refractivity contribution < 1.29 is 14.2 Å². The standard InChI is InChI=1S/C9H10ClFO2/c10-7-4-8(11)6-9(5-7)13-3-1-2-12/h4-6,12H,1-3H2. The molecular weight excluding hydrogens is 195 g/mol. The summed E-state index contributed by atoms with van der Waals surface area (Å²) < 4.78 is 17.8. The molecule has 0 unspecified atom stereocenters. The Labute approximate surface area is 80.9 Å². The molecule has 0 saturated heterocycles. The quantitative estimate of drug-likeness (QED) is 0.763. The Bertz CT molecular complexity index is 258. The van der Waals surface area contributed by atoms with Crippen LogP contribution in [0.4, 0.5) is 4.39 Å². The van der Waals surface area contributed by atoms with Crippen molar-refractivity contribution >= 4 is 11.6 Å². The van der Waals surface area contributed by atoms with Crippen LogP contribution < -0.4 is 4.74 Å². The first-order chi connectivity index (χ1) is 6.22. The van der Waals surface area contributed by atoms with E-state index < -0.39 is 5.82 Å². The molecule has 0 aliphatic heterocycles. The normalized spacial score (nSPS) is 10.1. The summed E-state index contributed by atoms with van der Waals surface area (Å²) in [5.74, 6) is -0.0371. The Morgan fingerprint density at radius 2 is 2.15 bits per heavy atom. The van der Waals surface area contributed by atoms with E-state index >= 15 is 0 Å². The van der Waals surface area contributed by atoms with Crippen LogP contribution in [0.25, 0.3) is 0 Å². The number of hydrogen-bond acceptors (Lipinski definition) is 2. The van der Waals surface area contributed by atoms with E-state index in [2.05, 4.69) is 0 Å². The SMILES string of the molecule is OCCCOc1cc(F)cc(Cl)c1. The zero-order valence-electron chi connectivity index (χ0n) is 6.96. The Morgan fingerprint density at radius 3 is 2.77 bits per heavy atom. The van der Waals surface area contributed by atoms with Gasteiger partial charge in [-0.05, 0) is 12.1 Å². The van der Waals surface area contributed by atoms with Crippen molar-refractivity contribution in [2.75, 3.05) is 13.2 Å². The lowest BCUT2D eigenvalue weighted by Gasteiger charge is -2.04. The van der Waals surface area contributed by atoms with Crippen LogP contribution in [0.15, 0.2) is 18.2 Å². The van der Waals surface area contributed by atoms with Crippen molar-refractivity contribution in [1.29, 1.82) is 0 Å².